The highest BCUT2D eigenvalue weighted by Crippen LogP contribution is 2.40. The lowest BCUT2D eigenvalue weighted by Crippen LogP contribution is -2.64. The Balaban J connectivity index is 1.43. The molecule has 4 fully saturated rings. The number of hydrogen-bond acceptors (Lipinski definition) is 11. The number of halogens is 9. The van der Waals surface area contributed by atoms with Crippen LogP contribution in [0.2, 0.25) is 5.02 Å². The summed E-state index contributed by atoms with van der Waals surface area (Å²) in [7, 11) is 9.07. The second-order valence-corrected chi connectivity index (χ2v) is 28.2. The van der Waals surface area contributed by atoms with Crippen LogP contribution >= 0.6 is 11.6 Å². The number of aryl methyl sites for hydroxylation is 1. The molecule has 1 unspecified atom stereocenters. The molecule has 2 saturated carbocycles. The molecule has 31 heteroatoms. The Kier molecular flexibility index (Phi) is 26.9. The van der Waals surface area contributed by atoms with Crippen LogP contribution in [0, 0.1) is 17.8 Å². The van der Waals surface area contributed by atoms with Gasteiger partial charge in [-0.25, -0.2) is 8.78 Å². The molecule has 0 aromatic heterocycles. The van der Waals surface area contributed by atoms with Crippen molar-refractivity contribution in [3.05, 3.63) is 69.7 Å². The molecule has 11 amide bonds. The molecule has 2 saturated heterocycles. The molecule has 2 aromatic rings. The molecule has 2 heterocycles. The lowest BCUT2D eigenvalue weighted by Gasteiger charge is -2.41. The Morgan fingerprint density at radius 2 is 1.20 bits per heavy atom. The largest absolute Gasteiger partial charge is 0.417 e. The summed E-state index contributed by atoms with van der Waals surface area (Å²) in [6.07, 6.45) is -9.00. The third-order valence-electron chi connectivity index (χ3n) is 19.9. The van der Waals surface area contributed by atoms with Gasteiger partial charge in [0.15, 0.2) is 0 Å². The molecule has 550 valence electrons. The van der Waals surface area contributed by atoms with Gasteiger partial charge in [-0.2, -0.15) is 26.3 Å². The molecular weight excluding hydrogens is 1330 g/mol. The second kappa shape index (κ2) is 33.2. The molecule has 99 heavy (non-hydrogen) atoms. The van der Waals surface area contributed by atoms with Crippen molar-refractivity contribution in [3.63, 3.8) is 0 Å². The van der Waals surface area contributed by atoms with Crippen LogP contribution in [-0.2, 0) is 77.9 Å². The van der Waals surface area contributed by atoms with Gasteiger partial charge in [0.2, 0.25) is 65.0 Å². The molecule has 4 aliphatic rings. The maximum absolute atomic E-state index is 16.0. The number of nitrogens with zero attached hydrogens (tertiary/aromatic N) is 8. The van der Waals surface area contributed by atoms with E-state index in [-0.39, 0.29) is 49.1 Å². The third kappa shape index (κ3) is 20.1. The van der Waals surface area contributed by atoms with Crippen LogP contribution in [0.25, 0.3) is 0 Å². The SMILES string of the molecule is CC[C@H](C)[C@@H]1NC(=O)[C@H](CC(C)C)N(C)C(=O)C[C@@H](C)N(C)C(=O)[C@H](C2CCCC2)N(C)C(=O)C2(CCCC2)NC(=O)C2CC(F)(F)CN2C(=O)[C@H](CCc2ccc(C(F)(F)F)c(Cl)c2)NC(=O)CN(C)C(=O)[C@H](Cc2ccc(C(F)(F)F)cc2)N(C)C(=O)CN(C)C(=O)CN(C)C1=O. The highest BCUT2D eigenvalue weighted by Gasteiger charge is 2.55. The van der Waals surface area contributed by atoms with Gasteiger partial charge < -0.3 is 55.1 Å². The minimum absolute atomic E-state index is 0.0157. The van der Waals surface area contributed by atoms with Gasteiger partial charge >= 0.3 is 12.4 Å². The van der Waals surface area contributed by atoms with Crippen LogP contribution < -0.4 is 16.0 Å². The van der Waals surface area contributed by atoms with Crippen molar-refractivity contribution in [2.24, 2.45) is 17.8 Å². The summed E-state index contributed by atoms with van der Waals surface area (Å²) in [5.41, 5.74) is -3.88. The summed E-state index contributed by atoms with van der Waals surface area (Å²) < 4.78 is 115. The van der Waals surface area contributed by atoms with E-state index in [1.807, 2.05) is 13.8 Å². The van der Waals surface area contributed by atoms with E-state index < -0.39 is 205 Å². The number of rotatable bonds is 10. The first-order valence-electron chi connectivity index (χ1n) is 33.4. The fourth-order valence-corrected chi connectivity index (χ4v) is 13.8. The number of alkyl halides is 8. The van der Waals surface area contributed by atoms with Crippen LogP contribution in [0.15, 0.2) is 42.5 Å². The van der Waals surface area contributed by atoms with Crippen molar-refractivity contribution in [1.82, 2.24) is 55.1 Å². The summed E-state index contributed by atoms with van der Waals surface area (Å²) in [4.78, 5) is 169. The number of benzene rings is 2. The summed E-state index contributed by atoms with van der Waals surface area (Å²) in [6, 6.07) is -3.72. The summed E-state index contributed by atoms with van der Waals surface area (Å²) >= 11 is 6.05. The first-order chi connectivity index (χ1) is 46.0. The van der Waals surface area contributed by atoms with Crippen LogP contribution in [0.5, 0.6) is 0 Å². The fourth-order valence-electron chi connectivity index (χ4n) is 13.5. The van der Waals surface area contributed by atoms with E-state index >= 15 is 23.2 Å². The van der Waals surface area contributed by atoms with E-state index in [1.54, 1.807) is 20.8 Å². The van der Waals surface area contributed by atoms with E-state index in [9.17, 15) is 64.7 Å². The highest BCUT2D eigenvalue weighted by molar-refractivity contribution is 6.31. The van der Waals surface area contributed by atoms with Crippen LogP contribution in [0.1, 0.15) is 140 Å². The molecule has 2 aliphatic carbocycles. The number of likely N-dealkylation sites (N-methyl/N-ethyl adjacent to an activating group) is 7. The molecule has 2 aliphatic heterocycles. The summed E-state index contributed by atoms with van der Waals surface area (Å²) in [6.45, 7) is 4.98. The zero-order valence-corrected chi connectivity index (χ0v) is 59.0. The van der Waals surface area contributed by atoms with Crippen molar-refractivity contribution in [2.75, 3.05) is 75.5 Å². The molecule has 0 radical (unpaired) electrons. The van der Waals surface area contributed by atoms with Gasteiger partial charge in [0, 0.05) is 74.6 Å². The lowest BCUT2D eigenvalue weighted by molar-refractivity contribution is -0.153. The van der Waals surface area contributed by atoms with Gasteiger partial charge in [-0.15, -0.1) is 0 Å². The molecule has 8 atom stereocenters. The topological polar surface area (TPSA) is 250 Å². The lowest BCUT2D eigenvalue weighted by atomic mass is 9.90. The molecule has 3 N–H and O–H groups in total. The molecule has 2 aromatic carbocycles. The minimum Gasteiger partial charge on any atom is -0.343 e. The Labute approximate surface area is 577 Å². The van der Waals surface area contributed by atoms with Crippen molar-refractivity contribution in [2.45, 2.75) is 197 Å². The molecule has 6 rings (SSSR count). The predicted molar refractivity (Wildman–Crippen MR) is 348 cm³/mol. The van der Waals surface area contributed by atoms with Gasteiger partial charge in [0.05, 0.1) is 42.3 Å². The standard InChI is InChI=1S/C68H94ClF8N11O11/c1-13-40(4)56-62(97)83(8)36-54(91)81(6)37-55(92)86(11)50(33-43-20-24-45(25-21-43)67(72,73)74)61(96)82(7)35-52(89)78-48(27-23-42-22-26-46(47(69)32-42)68(75,76)77)60(95)88-38-66(70,71)34-51(88)59(94)80-65(28-16-17-29-65)64(99)87(12)57(44-18-14-15-19-44)63(98)84(9)41(5)31-53(90)85(10)49(30-39(2)3)58(93)79-56/h20-22,24-26,32,39-41,44,48-51,56-57H,13-19,23,27-31,33-38H2,1-12H3,(H,78,89)(H,79,93)(H,80,94)/t40-,41+,48-,49-,50-,51?,56-,57-/m0/s1. The maximum Gasteiger partial charge on any atom is 0.417 e. The van der Waals surface area contributed by atoms with Crippen LogP contribution in [0.4, 0.5) is 35.1 Å². The Morgan fingerprint density at radius 3 is 1.77 bits per heavy atom. The van der Waals surface area contributed by atoms with E-state index in [2.05, 4.69) is 16.0 Å². The monoisotopic (exact) mass is 1430 g/mol. The van der Waals surface area contributed by atoms with E-state index in [1.165, 1.54) is 49.9 Å². The number of nitrogens with one attached hydrogen (secondary N) is 3. The van der Waals surface area contributed by atoms with Gasteiger partial charge in [-0.05, 0) is 105 Å². The van der Waals surface area contributed by atoms with Crippen molar-refractivity contribution < 1.29 is 87.9 Å². The number of hydrogen-bond donors (Lipinski definition) is 3. The van der Waals surface area contributed by atoms with Crippen molar-refractivity contribution >= 4 is 76.6 Å². The van der Waals surface area contributed by atoms with E-state index in [0.717, 1.165) is 70.1 Å². The maximum atomic E-state index is 16.0. The average Bonchev–Trinajstić information content (AvgIpc) is 1.68. The summed E-state index contributed by atoms with van der Waals surface area (Å²) in [5.74, 6) is -14.5. The van der Waals surface area contributed by atoms with Gasteiger partial charge in [0.25, 0.3) is 5.92 Å². The number of amides is 11. The predicted octanol–water partition coefficient (Wildman–Crippen LogP) is 6.58. The quantitative estimate of drug-likeness (QED) is 0.215. The fraction of sp³-hybridized carbons (Fsp3) is 0.662. The molecule has 0 bridgehead atoms. The highest BCUT2D eigenvalue weighted by atomic mass is 35.5. The normalized spacial score (nSPS) is 25.6. The Bertz CT molecular complexity index is 3290. The molecule has 22 nitrogen and oxygen atoms in total. The average molecular weight is 1430 g/mol. The first kappa shape index (κ1) is 80.3. The van der Waals surface area contributed by atoms with E-state index in [4.69, 9.17) is 11.6 Å². The van der Waals surface area contributed by atoms with Crippen LogP contribution in [0.3, 0.4) is 0 Å². The van der Waals surface area contributed by atoms with Crippen molar-refractivity contribution in [1.29, 1.82) is 0 Å². The van der Waals surface area contributed by atoms with Crippen LogP contribution in [-0.4, -0.2) is 233 Å². The second-order valence-electron chi connectivity index (χ2n) is 27.8. The number of carbonyl (C=O) groups excluding carboxylic acids is 11. The van der Waals surface area contributed by atoms with Gasteiger partial charge in [-0.3, -0.25) is 52.7 Å². The Morgan fingerprint density at radius 1 is 0.626 bits per heavy atom. The number of fused-ring (bicyclic) bond motifs is 1. The van der Waals surface area contributed by atoms with Crippen molar-refractivity contribution in [3.8, 4) is 0 Å². The first-order valence-corrected chi connectivity index (χ1v) is 33.8. The van der Waals surface area contributed by atoms with Gasteiger partial charge in [0.1, 0.15) is 41.8 Å². The van der Waals surface area contributed by atoms with Gasteiger partial charge in [-0.1, -0.05) is 89.6 Å². The third-order valence-corrected chi connectivity index (χ3v) is 20.2. The number of carbonyl (C=O) groups is 11. The zero-order chi connectivity index (χ0) is 74.1. The summed E-state index contributed by atoms with van der Waals surface area (Å²) in [5, 5.41) is 7.25. The zero-order valence-electron chi connectivity index (χ0n) is 58.2. The van der Waals surface area contributed by atoms with E-state index in [0.29, 0.717) is 55.9 Å². The molecular formula is C68H94ClF8N11O11. The minimum atomic E-state index is -4.87. The Hall–Kier alpha value is -7.66. The smallest absolute Gasteiger partial charge is 0.343 e. The molecule has 1 spiro atoms.